The van der Waals surface area contributed by atoms with Crippen LogP contribution in [0.4, 0.5) is 5.69 Å². The minimum Gasteiger partial charge on any atom is -0.346 e. The van der Waals surface area contributed by atoms with Gasteiger partial charge in [0, 0.05) is 37.4 Å². The SMILES string of the molecule is CNCC(C)C(=O)Nc1ccc2ccn(CCN(C)C)c2c1.Cl.Cl. The summed E-state index contributed by atoms with van der Waals surface area (Å²) >= 11 is 0. The maximum atomic E-state index is 12.1. The Hall–Kier alpha value is -1.27. The molecule has 0 aliphatic carbocycles. The van der Waals surface area contributed by atoms with E-state index in [2.05, 4.69) is 58.6 Å². The molecule has 2 N–H and O–H groups in total. The Bertz CT molecular complexity index is 643. The third-order valence-corrected chi connectivity index (χ3v) is 3.79. The number of fused-ring (bicyclic) bond motifs is 1. The van der Waals surface area contributed by atoms with E-state index >= 15 is 0 Å². The average Bonchev–Trinajstić information content (AvgIpc) is 2.87. The first kappa shape index (κ1) is 22.7. The molecule has 0 bridgehead atoms. The summed E-state index contributed by atoms with van der Waals surface area (Å²) in [5.74, 6) is -0.0127. The summed E-state index contributed by atoms with van der Waals surface area (Å²) in [4.78, 5) is 14.3. The number of hydrogen-bond acceptors (Lipinski definition) is 3. The van der Waals surface area contributed by atoms with Crippen molar-refractivity contribution in [1.82, 2.24) is 14.8 Å². The van der Waals surface area contributed by atoms with Crippen molar-refractivity contribution in [1.29, 1.82) is 0 Å². The van der Waals surface area contributed by atoms with Gasteiger partial charge in [-0.15, -0.1) is 24.8 Å². The molecule has 0 spiro atoms. The number of anilines is 1. The lowest BCUT2D eigenvalue weighted by Gasteiger charge is -2.13. The molecule has 1 heterocycles. The smallest absolute Gasteiger partial charge is 0.228 e. The third kappa shape index (κ3) is 5.98. The number of benzene rings is 1. The summed E-state index contributed by atoms with van der Waals surface area (Å²) in [6.45, 7) is 4.51. The van der Waals surface area contributed by atoms with Crippen LogP contribution in [-0.2, 0) is 11.3 Å². The van der Waals surface area contributed by atoms with Gasteiger partial charge in [0.25, 0.3) is 0 Å². The summed E-state index contributed by atoms with van der Waals surface area (Å²) in [7, 11) is 5.99. The molecule has 1 atom stereocenters. The van der Waals surface area contributed by atoms with Gasteiger partial charge in [-0.05, 0) is 44.7 Å². The van der Waals surface area contributed by atoms with Crippen LogP contribution in [0.15, 0.2) is 30.5 Å². The summed E-state index contributed by atoms with van der Waals surface area (Å²) < 4.78 is 2.22. The third-order valence-electron chi connectivity index (χ3n) is 3.79. The summed E-state index contributed by atoms with van der Waals surface area (Å²) in [5, 5.41) is 7.22. The number of likely N-dealkylation sites (N-methyl/N-ethyl adjacent to an activating group) is 1. The molecule has 0 saturated heterocycles. The Labute approximate surface area is 156 Å². The highest BCUT2D eigenvalue weighted by molar-refractivity contribution is 5.95. The van der Waals surface area contributed by atoms with Crippen LogP contribution in [0.1, 0.15) is 6.92 Å². The van der Waals surface area contributed by atoms with Gasteiger partial charge in [-0.3, -0.25) is 4.79 Å². The van der Waals surface area contributed by atoms with Gasteiger partial charge < -0.3 is 20.1 Å². The average molecular weight is 375 g/mol. The van der Waals surface area contributed by atoms with Crippen molar-refractivity contribution >= 4 is 47.3 Å². The van der Waals surface area contributed by atoms with Crippen molar-refractivity contribution in [3.05, 3.63) is 30.5 Å². The van der Waals surface area contributed by atoms with Crippen molar-refractivity contribution in [3.63, 3.8) is 0 Å². The number of amides is 1. The first-order valence-corrected chi connectivity index (χ1v) is 7.70. The van der Waals surface area contributed by atoms with Crippen LogP contribution in [0.5, 0.6) is 0 Å². The van der Waals surface area contributed by atoms with E-state index < -0.39 is 0 Å². The number of rotatable bonds is 7. The lowest BCUT2D eigenvalue weighted by molar-refractivity contribution is -0.119. The van der Waals surface area contributed by atoms with Crippen molar-refractivity contribution < 1.29 is 4.79 Å². The molecule has 1 aromatic carbocycles. The van der Waals surface area contributed by atoms with Crippen LogP contribution >= 0.6 is 24.8 Å². The number of nitrogens with one attached hydrogen (secondary N) is 2. The minimum absolute atomic E-state index is 0. The highest BCUT2D eigenvalue weighted by atomic mass is 35.5. The first-order chi connectivity index (χ1) is 10.5. The second-order valence-electron chi connectivity index (χ2n) is 6.03. The summed E-state index contributed by atoms with van der Waals surface area (Å²) in [6, 6.07) is 8.18. The number of carbonyl (C=O) groups excluding carboxylic acids is 1. The molecule has 2 rings (SSSR count). The van der Waals surface area contributed by atoms with Gasteiger partial charge in [-0.1, -0.05) is 13.0 Å². The lowest BCUT2D eigenvalue weighted by atomic mass is 10.1. The number of nitrogens with zero attached hydrogens (tertiary/aromatic N) is 2. The van der Waals surface area contributed by atoms with Crippen LogP contribution in [0.25, 0.3) is 10.9 Å². The van der Waals surface area contributed by atoms with E-state index in [-0.39, 0.29) is 36.6 Å². The largest absolute Gasteiger partial charge is 0.346 e. The Kier molecular flexibility index (Phi) is 10.0. The fourth-order valence-electron chi connectivity index (χ4n) is 2.43. The molecule has 5 nitrogen and oxygen atoms in total. The predicted molar refractivity (Wildman–Crippen MR) is 107 cm³/mol. The number of aromatic nitrogens is 1. The fourth-order valence-corrected chi connectivity index (χ4v) is 2.43. The predicted octanol–water partition coefficient (Wildman–Crippen LogP) is 2.84. The molecule has 2 aromatic rings. The molecule has 7 heteroatoms. The molecule has 0 fully saturated rings. The van der Waals surface area contributed by atoms with E-state index in [1.54, 1.807) is 0 Å². The van der Waals surface area contributed by atoms with Gasteiger partial charge in [0.05, 0.1) is 5.52 Å². The first-order valence-electron chi connectivity index (χ1n) is 7.70. The molecule has 1 unspecified atom stereocenters. The molecule has 136 valence electrons. The van der Waals surface area contributed by atoms with Crippen molar-refractivity contribution in [2.75, 3.05) is 39.5 Å². The Morgan fingerprint density at radius 1 is 1.25 bits per heavy atom. The zero-order valence-corrected chi connectivity index (χ0v) is 16.3. The number of carbonyl (C=O) groups is 1. The second-order valence-corrected chi connectivity index (χ2v) is 6.03. The van der Waals surface area contributed by atoms with E-state index in [9.17, 15) is 4.79 Å². The van der Waals surface area contributed by atoms with E-state index in [4.69, 9.17) is 0 Å². The Balaban J connectivity index is 0.00000264. The van der Waals surface area contributed by atoms with E-state index in [0.717, 1.165) is 24.3 Å². The molecular weight excluding hydrogens is 347 g/mol. The van der Waals surface area contributed by atoms with E-state index in [1.165, 1.54) is 5.39 Å². The van der Waals surface area contributed by atoms with Crippen LogP contribution in [0.3, 0.4) is 0 Å². The van der Waals surface area contributed by atoms with Gasteiger partial charge in [-0.25, -0.2) is 0 Å². The zero-order chi connectivity index (χ0) is 16.1. The normalized spacial score (nSPS) is 11.7. The maximum absolute atomic E-state index is 12.1. The van der Waals surface area contributed by atoms with Gasteiger partial charge in [-0.2, -0.15) is 0 Å². The molecule has 24 heavy (non-hydrogen) atoms. The highest BCUT2D eigenvalue weighted by Crippen LogP contribution is 2.21. The van der Waals surface area contributed by atoms with Crippen molar-refractivity contribution in [2.24, 2.45) is 5.92 Å². The molecule has 0 radical (unpaired) electrons. The zero-order valence-electron chi connectivity index (χ0n) is 14.7. The summed E-state index contributed by atoms with van der Waals surface area (Å²) in [5.41, 5.74) is 2.01. The molecule has 0 aliphatic heterocycles. The van der Waals surface area contributed by atoms with Gasteiger partial charge in [0.15, 0.2) is 0 Å². The molecule has 1 amide bonds. The quantitative estimate of drug-likeness (QED) is 0.783. The molecular formula is C17H28Cl2N4O. The maximum Gasteiger partial charge on any atom is 0.228 e. The molecule has 1 aromatic heterocycles. The Morgan fingerprint density at radius 3 is 2.58 bits per heavy atom. The molecule has 0 aliphatic rings. The van der Waals surface area contributed by atoms with Gasteiger partial charge >= 0.3 is 0 Å². The van der Waals surface area contributed by atoms with Crippen molar-refractivity contribution in [2.45, 2.75) is 13.5 Å². The van der Waals surface area contributed by atoms with E-state index in [1.807, 2.05) is 20.0 Å². The van der Waals surface area contributed by atoms with Gasteiger partial charge in [0.1, 0.15) is 0 Å². The molecule has 0 saturated carbocycles. The number of hydrogen-bond donors (Lipinski definition) is 2. The van der Waals surface area contributed by atoms with Gasteiger partial charge in [0.2, 0.25) is 5.91 Å². The lowest BCUT2D eigenvalue weighted by Crippen LogP contribution is -2.28. The van der Waals surface area contributed by atoms with E-state index in [0.29, 0.717) is 6.54 Å². The number of halogens is 2. The topological polar surface area (TPSA) is 49.3 Å². The van der Waals surface area contributed by atoms with Crippen molar-refractivity contribution in [3.8, 4) is 0 Å². The summed E-state index contributed by atoms with van der Waals surface area (Å²) in [6.07, 6.45) is 2.10. The highest BCUT2D eigenvalue weighted by Gasteiger charge is 2.12. The van der Waals surface area contributed by atoms with Crippen LogP contribution < -0.4 is 10.6 Å². The minimum atomic E-state index is -0.0544. The monoisotopic (exact) mass is 374 g/mol. The fraction of sp³-hybridized carbons (Fsp3) is 0.471. The van der Waals surface area contributed by atoms with Crippen LogP contribution in [0, 0.1) is 5.92 Å². The van der Waals surface area contributed by atoms with Crippen LogP contribution in [0.2, 0.25) is 0 Å². The standard InChI is InChI=1S/C17H26N4O.2ClH/c1-13(12-18-2)17(22)19-15-6-5-14-7-8-21(16(14)11-15)10-9-20(3)4;;/h5-8,11,13,18H,9-10,12H2,1-4H3,(H,19,22);2*1H. The Morgan fingerprint density at radius 2 is 1.96 bits per heavy atom. The van der Waals surface area contributed by atoms with Crippen LogP contribution in [-0.4, -0.2) is 49.6 Å². The second kappa shape index (κ2) is 10.6.